The number of aryl methyl sites for hydroxylation is 1. The summed E-state index contributed by atoms with van der Waals surface area (Å²) < 4.78 is 1.22. The molecule has 5 heterocycles. The highest BCUT2D eigenvalue weighted by molar-refractivity contribution is 6.32. The van der Waals surface area contributed by atoms with Crippen molar-refractivity contribution < 1.29 is 9.59 Å². The number of nitrogens with zero attached hydrogens (tertiary/aromatic N) is 7. The van der Waals surface area contributed by atoms with Gasteiger partial charge in [-0.1, -0.05) is 41.9 Å². The van der Waals surface area contributed by atoms with Crippen molar-refractivity contribution in [3.05, 3.63) is 93.0 Å². The Labute approximate surface area is 284 Å². The summed E-state index contributed by atoms with van der Waals surface area (Å²) in [6.07, 6.45) is 5.01. The third kappa shape index (κ3) is 6.89. The van der Waals surface area contributed by atoms with Crippen LogP contribution in [0.1, 0.15) is 47.8 Å². The van der Waals surface area contributed by atoms with Crippen molar-refractivity contribution in [2.45, 2.75) is 37.6 Å². The highest BCUT2D eigenvalue weighted by atomic mass is 35.5. The highest BCUT2D eigenvalue weighted by Gasteiger charge is 2.29. The number of likely N-dealkylation sites (tertiary alicyclic amines) is 1. The van der Waals surface area contributed by atoms with Crippen molar-refractivity contribution in [2.75, 3.05) is 51.2 Å². The number of nitrogens with one attached hydrogen (secondary N) is 1. The monoisotopic (exact) mass is 666 g/mol. The smallest absolute Gasteiger partial charge is 0.287 e. The third-order valence-electron chi connectivity index (χ3n) is 9.73. The highest BCUT2D eigenvalue weighted by Crippen LogP contribution is 2.30. The molecule has 1 unspecified atom stereocenters. The van der Waals surface area contributed by atoms with Gasteiger partial charge >= 0.3 is 0 Å². The summed E-state index contributed by atoms with van der Waals surface area (Å²) in [6.45, 7) is 6.37. The van der Waals surface area contributed by atoms with Crippen LogP contribution in [0.4, 0.5) is 11.4 Å². The minimum atomic E-state index is -0.342. The Morgan fingerprint density at radius 3 is 2.52 bits per heavy atom. The molecule has 0 saturated carbocycles. The number of aliphatic imine (C=N–C) groups is 1. The number of aromatic nitrogens is 3. The number of piperazine rings is 1. The van der Waals surface area contributed by atoms with Crippen molar-refractivity contribution in [3.63, 3.8) is 0 Å². The SMILES string of the molecule is CN1CC(=Nc2cnn(C)c(=O)c2Cl)C[C@H](c2ccc(CN3CCN(c4ccc5cc(C6CCC(=O)NC6=O)cnc5c4)CC3)cc2)C1. The maximum atomic E-state index is 12.3. The molecule has 3 aliphatic heterocycles. The average molecular weight is 667 g/mol. The van der Waals surface area contributed by atoms with Crippen LogP contribution < -0.4 is 15.8 Å². The second kappa shape index (κ2) is 13.6. The Morgan fingerprint density at radius 1 is 0.958 bits per heavy atom. The van der Waals surface area contributed by atoms with E-state index in [0.29, 0.717) is 24.4 Å². The number of hydrogen-bond donors (Lipinski definition) is 1. The first-order valence-corrected chi connectivity index (χ1v) is 16.8. The Balaban J connectivity index is 0.945. The molecule has 2 aromatic heterocycles. The van der Waals surface area contributed by atoms with E-state index < -0.39 is 0 Å². The standard InChI is InChI=1S/C36H39ClN8O3/c1-42-21-27(16-28(22-42)40-32-19-39-43(2)36(48)34(32)37)24-5-3-23(4-6-24)20-44-11-13-45(14-12-44)29-8-7-25-15-26(18-38-31(25)17-29)30-9-10-33(46)41-35(30)47/h3-8,15,17-19,27,30H,9-14,16,20-22H2,1-2H3,(H,41,46,47)/t27-,30?/m0/s1. The van der Waals surface area contributed by atoms with Crippen molar-refractivity contribution in [1.29, 1.82) is 0 Å². The number of amides is 2. The van der Waals surface area contributed by atoms with Crippen LogP contribution in [0.15, 0.2) is 70.7 Å². The molecule has 11 nitrogen and oxygen atoms in total. The Morgan fingerprint density at radius 2 is 1.75 bits per heavy atom. The summed E-state index contributed by atoms with van der Waals surface area (Å²) in [7, 11) is 3.67. The number of carbonyl (C=O) groups excluding carboxylic acids is 2. The summed E-state index contributed by atoms with van der Waals surface area (Å²) in [5, 5.41) is 7.62. The number of hydrogen-bond acceptors (Lipinski definition) is 9. The molecule has 0 spiro atoms. The van der Waals surface area contributed by atoms with E-state index in [-0.39, 0.29) is 28.3 Å². The van der Waals surface area contributed by atoms with Crippen LogP contribution >= 0.6 is 11.6 Å². The van der Waals surface area contributed by atoms with Crippen LogP contribution in [-0.2, 0) is 23.2 Å². The van der Waals surface area contributed by atoms with Gasteiger partial charge in [0.25, 0.3) is 5.56 Å². The predicted molar refractivity (Wildman–Crippen MR) is 187 cm³/mol. The van der Waals surface area contributed by atoms with Gasteiger partial charge in [0, 0.05) is 88.2 Å². The number of halogens is 1. The van der Waals surface area contributed by atoms with Crippen LogP contribution in [0.3, 0.4) is 0 Å². The summed E-state index contributed by atoms with van der Waals surface area (Å²) in [5.41, 5.74) is 6.57. The predicted octanol–water partition coefficient (Wildman–Crippen LogP) is 4.02. The normalized spacial score (nSPS) is 22.0. The van der Waals surface area contributed by atoms with Gasteiger partial charge in [-0.25, -0.2) is 4.68 Å². The topological polar surface area (TPSA) is 116 Å². The minimum Gasteiger partial charge on any atom is -0.369 e. The summed E-state index contributed by atoms with van der Waals surface area (Å²) in [6, 6.07) is 17.3. The van der Waals surface area contributed by atoms with E-state index in [0.717, 1.165) is 80.1 Å². The van der Waals surface area contributed by atoms with Gasteiger partial charge in [-0.05, 0) is 54.8 Å². The molecule has 7 rings (SSSR count). The van der Waals surface area contributed by atoms with E-state index in [4.69, 9.17) is 16.6 Å². The molecule has 3 fully saturated rings. The minimum absolute atomic E-state index is 0.103. The molecule has 248 valence electrons. The molecule has 0 radical (unpaired) electrons. The average Bonchev–Trinajstić information content (AvgIpc) is 3.08. The fourth-order valence-electron chi connectivity index (χ4n) is 7.06. The Kier molecular flexibility index (Phi) is 9.09. The molecule has 2 amide bonds. The van der Waals surface area contributed by atoms with Crippen molar-refractivity contribution in [1.82, 2.24) is 29.9 Å². The number of pyridine rings is 1. The second-order valence-corrected chi connectivity index (χ2v) is 13.6. The number of benzene rings is 2. The largest absolute Gasteiger partial charge is 0.369 e. The van der Waals surface area contributed by atoms with Crippen LogP contribution in [0.2, 0.25) is 5.02 Å². The first-order valence-electron chi connectivity index (χ1n) is 16.5. The zero-order valence-electron chi connectivity index (χ0n) is 27.2. The van der Waals surface area contributed by atoms with Gasteiger partial charge in [0.2, 0.25) is 11.8 Å². The van der Waals surface area contributed by atoms with Gasteiger partial charge in [0.05, 0.1) is 17.6 Å². The van der Waals surface area contributed by atoms with Gasteiger partial charge < -0.3 is 9.80 Å². The first kappa shape index (κ1) is 32.1. The molecule has 4 aromatic rings. The number of rotatable bonds is 6. The number of anilines is 1. The number of fused-ring (bicyclic) bond motifs is 1. The van der Waals surface area contributed by atoms with Crippen LogP contribution in [0.5, 0.6) is 0 Å². The van der Waals surface area contributed by atoms with E-state index >= 15 is 0 Å². The fourth-order valence-corrected chi connectivity index (χ4v) is 7.28. The summed E-state index contributed by atoms with van der Waals surface area (Å²) in [5.74, 6) is -0.472. The molecule has 2 atom stereocenters. The molecule has 12 heteroatoms. The zero-order valence-corrected chi connectivity index (χ0v) is 28.0. The van der Waals surface area contributed by atoms with Gasteiger partial charge in [-0.3, -0.25) is 34.6 Å². The van der Waals surface area contributed by atoms with Gasteiger partial charge in [0.1, 0.15) is 10.7 Å². The Bertz CT molecular complexity index is 1950. The molecule has 1 N–H and O–H groups in total. The molecule has 0 bridgehead atoms. The number of likely N-dealkylation sites (N-methyl/N-ethyl adjacent to an activating group) is 1. The lowest BCUT2D eigenvalue weighted by molar-refractivity contribution is -0.134. The number of imide groups is 1. The molecule has 48 heavy (non-hydrogen) atoms. The van der Waals surface area contributed by atoms with Gasteiger partial charge in [0.15, 0.2) is 0 Å². The van der Waals surface area contributed by atoms with E-state index in [1.807, 2.05) is 6.07 Å². The number of piperidine rings is 2. The van der Waals surface area contributed by atoms with Gasteiger partial charge in [-0.15, -0.1) is 0 Å². The quantitative estimate of drug-likeness (QED) is 0.307. The van der Waals surface area contributed by atoms with Crippen LogP contribution in [0, 0.1) is 0 Å². The van der Waals surface area contributed by atoms with Gasteiger partial charge in [-0.2, -0.15) is 5.10 Å². The first-order chi connectivity index (χ1) is 23.2. The lowest BCUT2D eigenvalue weighted by Gasteiger charge is -2.36. The maximum absolute atomic E-state index is 12.3. The van der Waals surface area contributed by atoms with Crippen molar-refractivity contribution in [3.8, 4) is 0 Å². The lowest BCUT2D eigenvalue weighted by atomic mass is 9.89. The third-order valence-corrected chi connectivity index (χ3v) is 10.1. The van der Waals surface area contributed by atoms with Crippen LogP contribution in [-0.4, -0.2) is 88.4 Å². The van der Waals surface area contributed by atoms with E-state index in [9.17, 15) is 14.4 Å². The fraction of sp³-hybridized carbons (Fsp3) is 0.389. The molecular weight excluding hydrogens is 628 g/mol. The molecule has 2 aromatic carbocycles. The van der Waals surface area contributed by atoms with Crippen molar-refractivity contribution >= 4 is 51.4 Å². The van der Waals surface area contributed by atoms with Crippen LogP contribution in [0.25, 0.3) is 10.9 Å². The van der Waals surface area contributed by atoms with E-state index in [2.05, 4.69) is 79.6 Å². The van der Waals surface area contributed by atoms with E-state index in [1.165, 1.54) is 15.8 Å². The Hall–Kier alpha value is -4.45. The molecule has 3 aliphatic rings. The molecule has 0 aliphatic carbocycles. The number of carbonyl (C=O) groups is 2. The van der Waals surface area contributed by atoms with E-state index in [1.54, 1.807) is 19.4 Å². The second-order valence-electron chi connectivity index (χ2n) is 13.2. The molecular formula is C36H39ClN8O3. The summed E-state index contributed by atoms with van der Waals surface area (Å²) >= 11 is 6.28. The maximum Gasteiger partial charge on any atom is 0.287 e. The zero-order chi connectivity index (χ0) is 33.4. The van der Waals surface area contributed by atoms with Crippen molar-refractivity contribution in [2.24, 2.45) is 12.0 Å². The summed E-state index contributed by atoms with van der Waals surface area (Å²) in [4.78, 5) is 52.7. The lowest BCUT2D eigenvalue weighted by Crippen LogP contribution is -2.45. The molecule has 3 saturated heterocycles.